The van der Waals surface area contributed by atoms with Crippen molar-refractivity contribution in [2.24, 2.45) is 0 Å². The van der Waals surface area contributed by atoms with E-state index in [1.54, 1.807) is 28.8 Å². The maximum atomic E-state index is 12.8. The van der Waals surface area contributed by atoms with Gasteiger partial charge < -0.3 is 24.5 Å². The van der Waals surface area contributed by atoms with Gasteiger partial charge in [-0.15, -0.1) is 0 Å². The number of carbonyl (C=O) groups excluding carboxylic acids is 1. The van der Waals surface area contributed by atoms with Crippen molar-refractivity contribution >= 4 is 39.5 Å². The van der Waals surface area contributed by atoms with Crippen LogP contribution in [0.15, 0.2) is 43.0 Å². The number of aliphatic hydroxyl groups excluding tert-OH is 1. The van der Waals surface area contributed by atoms with Gasteiger partial charge >= 0.3 is 8.25 Å². The van der Waals surface area contributed by atoms with E-state index < -0.39 is 40.1 Å². The Kier molecular flexibility index (Phi) is 6.19. The fourth-order valence-corrected chi connectivity index (χ4v) is 6.75. The van der Waals surface area contributed by atoms with Crippen LogP contribution in [-0.4, -0.2) is 68.2 Å². The van der Waals surface area contributed by atoms with E-state index in [2.05, 4.69) is 41.0 Å². The minimum atomic E-state index is -3.50. The summed E-state index contributed by atoms with van der Waals surface area (Å²) in [6, 6.07) is 8.68. The molecule has 12 nitrogen and oxygen atoms in total. The summed E-state index contributed by atoms with van der Waals surface area (Å²) in [5, 5.41) is 13.4. The van der Waals surface area contributed by atoms with Crippen molar-refractivity contribution in [2.75, 3.05) is 11.9 Å². The highest BCUT2D eigenvalue weighted by molar-refractivity contribution is 7.32. The van der Waals surface area contributed by atoms with Crippen LogP contribution in [0.1, 0.15) is 31.1 Å². The minimum Gasteiger partial charge on any atom is -0.390 e. The Hall–Kier alpha value is -2.51. The van der Waals surface area contributed by atoms with Crippen LogP contribution in [0, 0.1) is 0 Å². The molecule has 1 amide bonds. The number of nitrogens with zero attached hydrogens (tertiary/aromatic N) is 4. The van der Waals surface area contributed by atoms with Gasteiger partial charge in [0.05, 0.1) is 12.9 Å². The number of carbonyl (C=O) groups is 1. The van der Waals surface area contributed by atoms with Crippen molar-refractivity contribution < 1.29 is 33.0 Å². The number of nitrogens with one attached hydrogen (secondary N) is 1. The highest BCUT2D eigenvalue weighted by Gasteiger charge is 2.85. The van der Waals surface area contributed by atoms with Crippen LogP contribution in [-0.2, 0) is 24.0 Å². The number of imidazole rings is 1. The van der Waals surface area contributed by atoms with E-state index in [0.717, 1.165) is 0 Å². The number of hydrogen-bond acceptors (Lipinski definition) is 9. The average molecular weight is 548 g/mol. The molecule has 198 valence electrons. The minimum absolute atomic E-state index is 0.0719. The standard InChI is InChI=1S/C23H30N5O7PSi/c1-21(2,3)37(4,5)35-22(11-33-17-16(29)23(17,22)34-36(31)32)28-13-26-15-18(24-12-25-19(15)28)27-20(30)14-9-7-6-8-10-14/h6-10,12-13,16-17,29,36H,11H2,1-5H3,(H,31,32)(H,24,25,27,30)/t16?,17-,22-,23-/m1/s1. The predicted molar refractivity (Wildman–Crippen MR) is 137 cm³/mol. The van der Waals surface area contributed by atoms with Gasteiger partial charge in [-0.05, 0) is 30.3 Å². The third-order valence-corrected chi connectivity index (χ3v) is 12.6. The van der Waals surface area contributed by atoms with E-state index in [4.69, 9.17) is 13.7 Å². The molecule has 1 aliphatic heterocycles. The smallest absolute Gasteiger partial charge is 0.317 e. The average Bonchev–Trinajstić information content (AvgIpc) is 3.13. The van der Waals surface area contributed by atoms with Gasteiger partial charge in [-0.25, -0.2) is 15.0 Å². The van der Waals surface area contributed by atoms with E-state index in [1.807, 2.05) is 19.2 Å². The molecule has 1 aliphatic carbocycles. The Labute approximate surface area is 215 Å². The summed E-state index contributed by atoms with van der Waals surface area (Å²) in [6.07, 6.45) is 0.653. The first-order valence-corrected chi connectivity index (χ1v) is 16.0. The zero-order valence-corrected chi connectivity index (χ0v) is 23.1. The molecule has 1 saturated heterocycles. The summed E-state index contributed by atoms with van der Waals surface area (Å²) < 4.78 is 31.9. The van der Waals surface area contributed by atoms with Gasteiger partial charge in [-0.2, -0.15) is 0 Å². The van der Waals surface area contributed by atoms with E-state index in [9.17, 15) is 19.4 Å². The Balaban J connectivity index is 1.64. The van der Waals surface area contributed by atoms with Crippen molar-refractivity contribution in [3.05, 3.63) is 48.5 Å². The third kappa shape index (κ3) is 3.97. The molecule has 1 saturated carbocycles. The number of anilines is 1. The van der Waals surface area contributed by atoms with Gasteiger partial charge in [0, 0.05) is 5.56 Å². The molecule has 0 bridgehead atoms. The monoisotopic (exact) mass is 547 g/mol. The SMILES string of the molecule is CC(C)(C)[Si](C)(C)O[C@]1(n2cnc3c(NC(=O)c4ccccc4)ncnc32)CO[C@@H]2C(O)[C@@]21O[PH](=O)O. The highest BCUT2D eigenvalue weighted by Crippen LogP contribution is 2.64. The first-order chi connectivity index (χ1) is 17.3. The summed E-state index contributed by atoms with van der Waals surface area (Å²) in [6.45, 7) is 10.1. The predicted octanol–water partition coefficient (Wildman–Crippen LogP) is 2.66. The second kappa shape index (κ2) is 8.77. The normalized spacial score (nSPS) is 28.2. The molecule has 3 N–H and O–H groups in total. The van der Waals surface area contributed by atoms with Gasteiger partial charge in [0.1, 0.15) is 18.5 Å². The maximum Gasteiger partial charge on any atom is 0.317 e. The zero-order valence-electron chi connectivity index (χ0n) is 21.1. The van der Waals surface area contributed by atoms with Crippen LogP contribution >= 0.6 is 8.25 Å². The van der Waals surface area contributed by atoms with E-state index in [0.29, 0.717) is 5.56 Å². The second-order valence-electron chi connectivity index (χ2n) is 10.8. The fraction of sp³-hybridized carbons (Fsp3) is 0.478. The lowest BCUT2D eigenvalue weighted by Crippen LogP contribution is -2.59. The Morgan fingerprint density at radius 2 is 1.95 bits per heavy atom. The molecule has 14 heteroatoms. The molecular formula is C23H30N5O7PSi. The quantitative estimate of drug-likeness (QED) is 0.297. The molecule has 0 spiro atoms. The first kappa shape index (κ1) is 26.1. The molecule has 0 radical (unpaired) electrons. The molecule has 5 rings (SSSR count). The summed E-state index contributed by atoms with van der Waals surface area (Å²) in [4.78, 5) is 35.7. The van der Waals surface area contributed by atoms with Crippen LogP contribution < -0.4 is 5.32 Å². The molecule has 1 aromatic carbocycles. The number of benzene rings is 1. The van der Waals surface area contributed by atoms with Crippen molar-refractivity contribution in [1.29, 1.82) is 0 Å². The number of rotatable bonds is 7. The molecule has 2 unspecified atom stereocenters. The third-order valence-electron chi connectivity index (χ3n) is 7.59. The Bertz CT molecular complexity index is 1380. The number of fused-ring (bicyclic) bond motifs is 2. The molecule has 5 atom stereocenters. The van der Waals surface area contributed by atoms with Crippen molar-refractivity contribution in [1.82, 2.24) is 19.5 Å². The second-order valence-corrected chi connectivity index (χ2v) is 16.3. The van der Waals surface area contributed by atoms with Gasteiger partial charge in [0.25, 0.3) is 5.91 Å². The fourth-order valence-electron chi connectivity index (χ4n) is 4.60. The number of hydrogen-bond donors (Lipinski definition) is 3. The molecule has 2 fully saturated rings. The zero-order chi connectivity index (χ0) is 26.8. The van der Waals surface area contributed by atoms with E-state index in [-0.39, 0.29) is 34.5 Å². The topological polar surface area (TPSA) is 158 Å². The first-order valence-electron chi connectivity index (χ1n) is 11.8. The Morgan fingerprint density at radius 3 is 2.57 bits per heavy atom. The van der Waals surface area contributed by atoms with Crippen LogP contribution in [0.4, 0.5) is 5.82 Å². The number of aromatic nitrogens is 4. The lowest BCUT2D eigenvalue weighted by Gasteiger charge is -2.47. The van der Waals surface area contributed by atoms with Crippen LogP contribution in [0.5, 0.6) is 0 Å². The van der Waals surface area contributed by atoms with Crippen molar-refractivity contribution in [3.63, 3.8) is 0 Å². The number of ether oxygens (including phenoxy) is 1. The van der Waals surface area contributed by atoms with Crippen LogP contribution in [0.25, 0.3) is 11.2 Å². The molecule has 37 heavy (non-hydrogen) atoms. The van der Waals surface area contributed by atoms with Crippen molar-refractivity contribution in [2.45, 2.75) is 62.4 Å². The summed E-state index contributed by atoms with van der Waals surface area (Å²) in [5.41, 5.74) is -2.19. The van der Waals surface area contributed by atoms with Gasteiger partial charge in [0.2, 0.25) is 0 Å². The lowest BCUT2D eigenvalue weighted by atomic mass is 10.1. The molecule has 3 aromatic rings. The lowest BCUT2D eigenvalue weighted by molar-refractivity contribution is -0.139. The van der Waals surface area contributed by atoms with Gasteiger partial charge in [-0.1, -0.05) is 39.0 Å². The maximum absolute atomic E-state index is 12.8. The van der Waals surface area contributed by atoms with Gasteiger partial charge in [0.15, 0.2) is 36.6 Å². The van der Waals surface area contributed by atoms with E-state index >= 15 is 0 Å². The van der Waals surface area contributed by atoms with E-state index in [1.165, 1.54) is 12.7 Å². The summed E-state index contributed by atoms with van der Waals surface area (Å²) >= 11 is 0. The summed E-state index contributed by atoms with van der Waals surface area (Å²) in [7, 11) is -6.12. The van der Waals surface area contributed by atoms with Crippen molar-refractivity contribution in [3.8, 4) is 0 Å². The number of amides is 1. The van der Waals surface area contributed by atoms with Gasteiger partial charge in [-0.3, -0.25) is 18.5 Å². The molecule has 2 aliphatic rings. The molecule has 2 aromatic heterocycles. The number of aliphatic hydroxyl groups is 1. The largest absolute Gasteiger partial charge is 0.390 e. The van der Waals surface area contributed by atoms with Crippen LogP contribution in [0.3, 0.4) is 0 Å². The molecule has 3 heterocycles. The van der Waals surface area contributed by atoms with Crippen LogP contribution in [0.2, 0.25) is 18.1 Å². The Morgan fingerprint density at radius 1 is 1.24 bits per heavy atom. The molecular weight excluding hydrogens is 517 g/mol. The highest BCUT2D eigenvalue weighted by atomic mass is 31.1. The summed E-state index contributed by atoms with van der Waals surface area (Å²) in [5.74, 6) is -0.194.